The Morgan fingerprint density at radius 1 is 1.32 bits per heavy atom. The van der Waals surface area contributed by atoms with Crippen LogP contribution in [0.5, 0.6) is 0 Å². The van der Waals surface area contributed by atoms with Gasteiger partial charge in [0.2, 0.25) is 0 Å². The first-order valence-electron chi connectivity index (χ1n) is 6.55. The van der Waals surface area contributed by atoms with E-state index in [4.69, 9.17) is 16.7 Å². The van der Waals surface area contributed by atoms with Crippen molar-refractivity contribution in [1.29, 1.82) is 0 Å². The summed E-state index contributed by atoms with van der Waals surface area (Å²) in [6.07, 6.45) is 0. The molecule has 0 aliphatic carbocycles. The van der Waals surface area contributed by atoms with Gasteiger partial charge in [-0.3, -0.25) is 4.79 Å². The number of hydrogen-bond acceptors (Lipinski definition) is 2. The zero-order chi connectivity index (χ0) is 14.6. The number of benzene rings is 1. The molecule has 0 saturated heterocycles. The third-order valence-electron chi connectivity index (χ3n) is 3.08. The number of nitrogens with zero attached hydrogens (tertiary/aromatic N) is 1. The zero-order valence-corrected chi connectivity index (χ0v) is 12.7. The van der Waals surface area contributed by atoms with Crippen molar-refractivity contribution < 1.29 is 9.90 Å². The Labute approximate surface area is 120 Å². The van der Waals surface area contributed by atoms with Crippen LogP contribution in [0.4, 0.5) is 5.69 Å². The van der Waals surface area contributed by atoms with Gasteiger partial charge in [-0.15, -0.1) is 0 Å². The fourth-order valence-corrected chi connectivity index (χ4v) is 2.23. The van der Waals surface area contributed by atoms with E-state index in [1.54, 1.807) is 6.92 Å². The second-order valence-corrected chi connectivity index (χ2v) is 5.83. The number of carboxylic acid groups (broad SMARTS) is 1. The highest BCUT2D eigenvalue weighted by Crippen LogP contribution is 2.27. The molecule has 4 heteroatoms. The average Bonchev–Trinajstić information content (AvgIpc) is 2.31. The highest BCUT2D eigenvalue weighted by Gasteiger charge is 2.19. The normalized spacial score (nSPS) is 12.5. The lowest BCUT2D eigenvalue weighted by Gasteiger charge is -2.30. The van der Waals surface area contributed by atoms with E-state index in [-0.39, 0.29) is 0 Å². The van der Waals surface area contributed by atoms with E-state index in [1.165, 1.54) is 0 Å². The van der Waals surface area contributed by atoms with Gasteiger partial charge in [0.15, 0.2) is 0 Å². The summed E-state index contributed by atoms with van der Waals surface area (Å²) in [4.78, 5) is 13.2. The first kappa shape index (κ1) is 15.8. The van der Waals surface area contributed by atoms with Crippen LogP contribution in [-0.2, 0) is 4.79 Å². The Balaban J connectivity index is 3.02. The van der Waals surface area contributed by atoms with Gasteiger partial charge in [0, 0.05) is 23.8 Å². The molecule has 0 amide bonds. The van der Waals surface area contributed by atoms with Gasteiger partial charge in [-0.2, -0.15) is 0 Å². The summed E-state index contributed by atoms with van der Waals surface area (Å²) in [6.45, 7) is 9.26. The average molecular weight is 284 g/mol. The number of hydrogen-bond donors (Lipinski definition) is 1. The Kier molecular flexibility index (Phi) is 5.67. The molecule has 0 fully saturated rings. The maximum absolute atomic E-state index is 11.1. The first-order valence-corrected chi connectivity index (χ1v) is 6.93. The largest absolute Gasteiger partial charge is 0.481 e. The molecule has 1 N–H and O–H groups in total. The Morgan fingerprint density at radius 2 is 1.95 bits per heavy atom. The van der Waals surface area contributed by atoms with Crippen molar-refractivity contribution in [3.05, 3.63) is 28.8 Å². The van der Waals surface area contributed by atoms with E-state index in [2.05, 4.69) is 18.7 Å². The predicted molar refractivity (Wildman–Crippen MR) is 80.0 cm³/mol. The molecule has 0 aliphatic heterocycles. The molecule has 0 aromatic heterocycles. The molecule has 0 saturated carbocycles. The number of aliphatic carboxylic acids is 1. The first-order chi connectivity index (χ1) is 8.82. The highest BCUT2D eigenvalue weighted by atomic mass is 35.5. The lowest BCUT2D eigenvalue weighted by molar-refractivity contribution is -0.140. The van der Waals surface area contributed by atoms with E-state index >= 15 is 0 Å². The minimum absolute atomic E-state index is 0.405. The van der Waals surface area contributed by atoms with Crippen LogP contribution in [-0.4, -0.2) is 24.2 Å². The van der Waals surface area contributed by atoms with E-state index in [9.17, 15) is 4.79 Å². The molecule has 1 atom stereocenters. The summed E-state index contributed by atoms with van der Waals surface area (Å²) in [5.41, 5.74) is 2.02. The summed E-state index contributed by atoms with van der Waals surface area (Å²) in [6, 6.07) is 5.76. The van der Waals surface area contributed by atoms with Crippen molar-refractivity contribution in [2.75, 3.05) is 18.0 Å². The maximum atomic E-state index is 11.1. The lowest BCUT2D eigenvalue weighted by Crippen LogP contribution is -2.35. The summed E-state index contributed by atoms with van der Waals surface area (Å²) >= 11 is 6.15. The van der Waals surface area contributed by atoms with E-state index in [1.807, 2.05) is 25.1 Å². The van der Waals surface area contributed by atoms with Crippen molar-refractivity contribution in [2.24, 2.45) is 11.8 Å². The summed E-state index contributed by atoms with van der Waals surface area (Å²) < 4.78 is 0. The summed E-state index contributed by atoms with van der Waals surface area (Å²) in [5, 5.41) is 9.80. The third kappa shape index (κ3) is 4.43. The van der Waals surface area contributed by atoms with Crippen LogP contribution in [0.3, 0.4) is 0 Å². The fourth-order valence-electron chi connectivity index (χ4n) is 2.06. The molecular formula is C15H22ClNO2. The van der Waals surface area contributed by atoms with Crippen LogP contribution in [0.25, 0.3) is 0 Å². The highest BCUT2D eigenvalue weighted by molar-refractivity contribution is 6.31. The molecule has 0 bridgehead atoms. The van der Waals surface area contributed by atoms with Gasteiger partial charge in [-0.1, -0.05) is 38.4 Å². The predicted octanol–water partition coefficient (Wildman–Crippen LogP) is 3.83. The van der Waals surface area contributed by atoms with Crippen molar-refractivity contribution >= 4 is 23.3 Å². The quantitative estimate of drug-likeness (QED) is 0.862. The Bertz CT molecular complexity index is 446. The molecule has 1 aromatic rings. The molecule has 1 aromatic carbocycles. The second kappa shape index (κ2) is 6.80. The fraction of sp³-hybridized carbons (Fsp3) is 0.533. The molecule has 1 unspecified atom stereocenters. The van der Waals surface area contributed by atoms with Gasteiger partial charge in [0.25, 0.3) is 0 Å². The van der Waals surface area contributed by atoms with Crippen molar-refractivity contribution in [3.8, 4) is 0 Å². The van der Waals surface area contributed by atoms with Crippen LogP contribution < -0.4 is 4.90 Å². The Morgan fingerprint density at radius 3 is 2.47 bits per heavy atom. The van der Waals surface area contributed by atoms with Gasteiger partial charge in [0.1, 0.15) is 0 Å². The van der Waals surface area contributed by atoms with Gasteiger partial charge in [0.05, 0.1) is 5.92 Å². The van der Waals surface area contributed by atoms with E-state index in [0.29, 0.717) is 17.5 Å². The number of anilines is 1. The van der Waals surface area contributed by atoms with Crippen LogP contribution in [0.15, 0.2) is 18.2 Å². The summed E-state index contributed by atoms with van der Waals surface area (Å²) in [5.74, 6) is -0.718. The molecule has 19 heavy (non-hydrogen) atoms. The zero-order valence-electron chi connectivity index (χ0n) is 12.0. The van der Waals surface area contributed by atoms with Gasteiger partial charge in [-0.05, 0) is 30.5 Å². The van der Waals surface area contributed by atoms with Crippen LogP contribution in [0, 0.1) is 18.8 Å². The van der Waals surface area contributed by atoms with Crippen molar-refractivity contribution in [1.82, 2.24) is 0 Å². The molecule has 106 valence electrons. The van der Waals surface area contributed by atoms with Crippen LogP contribution in [0.2, 0.25) is 5.02 Å². The number of carbonyl (C=O) groups is 1. The van der Waals surface area contributed by atoms with Crippen LogP contribution >= 0.6 is 11.6 Å². The SMILES string of the molecule is Cc1c(Cl)cccc1N(CC(C)C)CC(C)C(=O)O. The Hall–Kier alpha value is -1.22. The van der Waals surface area contributed by atoms with Gasteiger partial charge in [-0.25, -0.2) is 0 Å². The molecule has 0 heterocycles. The second-order valence-electron chi connectivity index (χ2n) is 5.42. The van der Waals surface area contributed by atoms with E-state index in [0.717, 1.165) is 17.8 Å². The number of rotatable bonds is 6. The molecule has 1 rings (SSSR count). The monoisotopic (exact) mass is 283 g/mol. The molecule has 0 radical (unpaired) electrons. The number of carboxylic acids is 1. The molecule has 3 nitrogen and oxygen atoms in total. The van der Waals surface area contributed by atoms with Crippen LogP contribution in [0.1, 0.15) is 26.3 Å². The minimum atomic E-state index is -0.770. The lowest BCUT2D eigenvalue weighted by atomic mass is 10.1. The molecule has 0 spiro atoms. The topological polar surface area (TPSA) is 40.5 Å². The van der Waals surface area contributed by atoms with Crippen molar-refractivity contribution in [3.63, 3.8) is 0 Å². The van der Waals surface area contributed by atoms with Gasteiger partial charge < -0.3 is 10.0 Å². The van der Waals surface area contributed by atoms with Gasteiger partial charge >= 0.3 is 5.97 Å². The molecular weight excluding hydrogens is 262 g/mol. The van der Waals surface area contributed by atoms with E-state index < -0.39 is 11.9 Å². The summed E-state index contributed by atoms with van der Waals surface area (Å²) in [7, 11) is 0. The third-order valence-corrected chi connectivity index (χ3v) is 3.49. The maximum Gasteiger partial charge on any atom is 0.308 e. The molecule has 0 aliphatic rings. The smallest absolute Gasteiger partial charge is 0.308 e. The van der Waals surface area contributed by atoms with Crippen molar-refractivity contribution in [2.45, 2.75) is 27.7 Å². The standard InChI is InChI=1S/C15H22ClNO2/c1-10(2)8-17(9-11(3)15(18)19)14-7-5-6-13(16)12(14)4/h5-7,10-11H,8-9H2,1-4H3,(H,18,19). The number of halogens is 1. The minimum Gasteiger partial charge on any atom is -0.481 e.